The number of hydrogen-bond acceptors (Lipinski definition) is 2. The van der Waals surface area contributed by atoms with E-state index in [1.165, 1.54) is 12.1 Å². The summed E-state index contributed by atoms with van der Waals surface area (Å²) in [6, 6.07) is 4.88. The van der Waals surface area contributed by atoms with Gasteiger partial charge in [-0.3, -0.25) is 4.79 Å². The van der Waals surface area contributed by atoms with Crippen molar-refractivity contribution < 1.29 is 14.7 Å². The molecule has 0 heterocycles. The summed E-state index contributed by atoms with van der Waals surface area (Å²) in [6.45, 7) is 1.84. The minimum absolute atomic E-state index is 0.151. The molecular weight excluding hydrogens is 194 g/mol. The molecule has 1 aromatic carbocycles. The predicted molar refractivity (Wildman–Crippen MR) is 56.4 cm³/mol. The number of amides is 1. The lowest BCUT2D eigenvalue weighted by Gasteiger charge is -2.01. The fourth-order valence-corrected chi connectivity index (χ4v) is 1.19. The van der Waals surface area contributed by atoms with Crippen LogP contribution < -0.4 is 5.73 Å². The van der Waals surface area contributed by atoms with Gasteiger partial charge in [-0.05, 0) is 24.6 Å². The van der Waals surface area contributed by atoms with Crippen LogP contribution in [-0.4, -0.2) is 17.0 Å². The van der Waals surface area contributed by atoms with Crippen molar-refractivity contribution >= 4 is 18.0 Å². The summed E-state index contributed by atoms with van der Waals surface area (Å²) in [7, 11) is 0. The number of rotatable bonds is 3. The molecule has 0 atom stereocenters. The number of benzene rings is 1. The van der Waals surface area contributed by atoms with Gasteiger partial charge < -0.3 is 10.8 Å². The van der Waals surface area contributed by atoms with Gasteiger partial charge >= 0.3 is 5.97 Å². The molecule has 1 rings (SSSR count). The second-order valence-corrected chi connectivity index (χ2v) is 3.13. The van der Waals surface area contributed by atoms with E-state index >= 15 is 0 Å². The molecule has 3 N–H and O–H groups in total. The Hall–Kier alpha value is -2.10. The van der Waals surface area contributed by atoms with Crippen LogP contribution >= 0.6 is 0 Å². The fourth-order valence-electron chi connectivity index (χ4n) is 1.19. The quantitative estimate of drug-likeness (QED) is 0.727. The summed E-state index contributed by atoms with van der Waals surface area (Å²) in [5.41, 5.74) is 6.48. The molecule has 0 aliphatic carbocycles. The first-order valence-electron chi connectivity index (χ1n) is 4.32. The lowest BCUT2D eigenvalue weighted by molar-refractivity contribution is -0.113. The monoisotopic (exact) mass is 205 g/mol. The zero-order valence-electron chi connectivity index (χ0n) is 8.23. The van der Waals surface area contributed by atoms with Gasteiger partial charge in [-0.25, -0.2) is 4.79 Å². The second-order valence-electron chi connectivity index (χ2n) is 3.13. The summed E-state index contributed by atoms with van der Waals surface area (Å²) in [6.07, 6.45) is 2.54. The summed E-state index contributed by atoms with van der Waals surface area (Å²) >= 11 is 0. The van der Waals surface area contributed by atoms with Gasteiger partial charge in [0.15, 0.2) is 0 Å². The summed E-state index contributed by atoms with van der Waals surface area (Å²) in [5.74, 6) is -1.63. The molecule has 15 heavy (non-hydrogen) atoms. The van der Waals surface area contributed by atoms with Crippen LogP contribution in [0.3, 0.4) is 0 Å². The molecule has 0 bridgehead atoms. The van der Waals surface area contributed by atoms with E-state index in [9.17, 15) is 9.59 Å². The third kappa shape index (κ3) is 2.95. The molecule has 78 valence electrons. The van der Waals surface area contributed by atoms with E-state index in [1.807, 2.05) is 6.92 Å². The highest BCUT2D eigenvalue weighted by Crippen LogP contribution is 2.13. The number of carboxylic acid groups (broad SMARTS) is 1. The molecule has 0 aliphatic heterocycles. The molecule has 0 spiro atoms. The van der Waals surface area contributed by atoms with Crippen molar-refractivity contribution in [2.24, 2.45) is 5.73 Å². The Bertz CT molecular complexity index is 435. The third-order valence-corrected chi connectivity index (χ3v) is 1.86. The van der Waals surface area contributed by atoms with Crippen molar-refractivity contribution in [1.82, 2.24) is 0 Å². The van der Waals surface area contributed by atoms with Gasteiger partial charge in [-0.2, -0.15) is 0 Å². The van der Waals surface area contributed by atoms with Gasteiger partial charge in [0.25, 0.3) is 0 Å². The van der Waals surface area contributed by atoms with Crippen molar-refractivity contribution in [3.8, 4) is 0 Å². The number of hydrogen-bond donors (Lipinski definition) is 2. The van der Waals surface area contributed by atoms with Gasteiger partial charge in [0.2, 0.25) is 5.91 Å². The number of carbonyl (C=O) groups excluding carboxylic acids is 1. The number of nitrogens with two attached hydrogens (primary N) is 1. The van der Waals surface area contributed by atoms with Crippen LogP contribution in [-0.2, 0) is 4.79 Å². The number of primary amides is 1. The van der Waals surface area contributed by atoms with E-state index in [4.69, 9.17) is 10.8 Å². The van der Waals surface area contributed by atoms with E-state index in [1.54, 1.807) is 12.1 Å². The highest BCUT2D eigenvalue weighted by Gasteiger charge is 2.07. The highest BCUT2D eigenvalue weighted by atomic mass is 16.4. The van der Waals surface area contributed by atoms with Crippen molar-refractivity contribution in [3.63, 3.8) is 0 Å². The fraction of sp³-hybridized carbons (Fsp3) is 0.0909. The second kappa shape index (κ2) is 4.41. The normalized spacial score (nSPS) is 10.5. The first-order chi connectivity index (χ1) is 7.00. The minimum Gasteiger partial charge on any atom is -0.478 e. The van der Waals surface area contributed by atoms with E-state index in [0.29, 0.717) is 5.56 Å². The molecule has 0 saturated heterocycles. The molecule has 1 amide bonds. The summed E-state index contributed by atoms with van der Waals surface area (Å²) in [5, 5.41) is 8.87. The minimum atomic E-state index is -1.03. The Morgan fingerprint density at radius 3 is 2.60 bits per heavy atom. The lowest BCUT2D eigenvalue weighted by atomic mass is 10.0. The summed E-state index contributed by atoms with van der Waals surface area (Å²) < 4.78 is 0. The van der Waals surface area contributed by atoms with Crippen LogP contribution in [0.25, 0.3) is 6.08 Å². The maximum atomic E-state index is 10.8. The standard InChI is InChI=1S/C11H11NO3/c1-7-2-4-9(11(14)15)8(6-7)3-5-10(12)13/h2-6H,1H3,(H2,12,13)(H,14,15). The zero-order chi connectivity index (χ0) is 11.4. The van der Waals surface area contributed by atoms with Gasteiger partial charge in [0.05, 0.1) is 5.56 Å². The van der Waals surface area contributed by atoms with Crippen molar-refractivity contribution in [3.05, 3.63) is 41.0 Å². The SMILES string of the molecule is Cc1ccc(C(=O)O)c(C=CC(N)=O)c1. The van der Waals surface area contributed by atoms with Gasteiger partial charge in [0.1, 0.15) is 0 Å². The van der Waals surface area contributed by atoms with Gasteiger partial charge in [-0.1, -0.05) is 17.7 Å². The maximum absolute atomic E-state index is 10.8. The van der Waals surface area contributed by atoms with Crippen LogP contribution in [0.15, 0.2) is 24.3 Å². The highest BCUT2D eigenvalue weighted by molar-refractivity contribution is 5.95. The Balaban J connectivity index is 3.18. The molecule has 1 aromatic rings. The number of carboxylic acids is 1. The molecule has 0 radical (unpaired) electrons. The average Bonchev–Trinajstić information content (AvgIpc) is 2.14. The Morgan fingerprint density at radius 2 is 2.07 bits per heavy atom. The first-order valence-corrected chi connectivity index (χ1v) is 4.32. The summed E-state index contributed by atoms with van der Waals surface area (Å²) in [4.78, 5) is 21.4. The third-order valence-electron chi connectivity index (χ3n) is 1.86. The zero-order valence-corrected chi connectivity index (χ0v) is 8.23. The number of aromatic carboxylic acids is 1. The van der Waals surface area contributed by atoms with E-state index in [-0.39, 0.29) is 5.56 Å². The number of carbonyl (C=O) groups is 2. The maximum Gasteiger partial charge on any atom is 0.336 e. The van der Waals surface area contributed by atoms with Gasteiger partial charge in [0, 0.05) is 6.08 Å². The van der Waals surface area contributed by atoms with Gasteiger partial charge in [-0.15, -0.1) is 0 Å². The van der Waals surface area contributed by atoms with Crippen LogP contribution in [0.5, 0.6) is 0 Å². The van der Waals surface area contributed by atoms with Crippen molar-refractivity contribution in [2.75, 3.05) is 0 Å². The molecule has 0 aliphatic rings. The van der Waals surface area contributed by atoms with E-state index in [0.717, 1.165) is 11.6 Å². The molecule has 0 fully saturated rings. The average molecular weight is 205 g/mol. The molecule has 4 heteroatoms. The van der Waals surface area contributed by atoms with E-state index < -0.39 is 11.9 Å². The topological polar surface area (TPSA) is 80.4 Å². The van der Waals surface area contributed by atoms with Crippen molar-refractivity contribution in [1.29, 1.82) is 0 Å². The molecule has 0 aromatic heterocycles. The molecule has 0 unspecified atom stereocenters. The first kappa shape index (κ1) is 11.0. The molecular formula is C11H11NO3. The Kier molecular flexibility index (Phi) is 3.23. The lowest BCUT2D eigenvalue weighted by Crippen LogP contribution is -2.06. The van der Waals surface area contributed by atoms with Crippen molar-refractivity contribution in [2.45, 2.75) is 6.92 Å². The Morgan fingerprint density at radius 1 is 1.40 bits per heavy atom. The molecule has 4 nitrogen and oxygen atoms in total. The smallest absolute Gasteiger partial charge is 0.336 e. The largest absolute Gasteiger partial charge is 0.478 e. The number of aryl methyl sites for hydroxylation is 1. The predicted octanol–water partition coefficient (Wildman–Crippen LogP) is 1.19. The molecule has 0 saturated carbocycles. The van der Waals surface area contributed by atoms with Crippen LogP contribution in [0, 0.1) is 6.92 Å². The Labute approximate surface area is 87.0 Å². The van der Waals surface area contributed by atoms with Crippen LogP contribution in [0.4, 0.5) is 0 Å². The van der Waals surface area contributed by atoms with Crippen LogP contribution in [0.2, 0.25) is 0 Å². The van der Waals surface area contributed by atoms with E-state index in [2.05, 4.69) is 0 Å². The van der Waals surface area contributed by atoms with Crippen LogP contribution in [0.1, 0.15) is 21.5 Å².